The first-order chi connectivity index (χ1) is 9.37. The van der Waals surface area contributed by atoms with Crippen molar-refractivity contribution in [2.24, 2.45) is 17.3 Å². The largest absolute Gasteiger partial charge is 0.457 e. The first kappa shape index (κ1) is 14.5. The highest BCUT2D eigenvalue weighted by atomic mass is 127. The Balaban J connectivity index is 2.01. The molecule has 1 aliphatic carbocycles. The fourth-order valence-corrected chi connectivity index (χ4v) is 5.01. The van der Waals surface area contributed by atoms with E-state index in [2.05, 4.69) is 29.5 Å². The molecule has 0 aromatic heterocycles. The molecule has 0 aromatic rings. The molecule has 0 spiro atoms. The first-order valence-electron chi connectivity index (χ1n) is 7.04. The molecule has 2 aliphatic heterocycles. The SMILES string of the molecule is CC1=C(C(=O)[C@@]2(C)[C@@H]3CO[C@H](C3)[C@H](I)[C@H]2C)C(=O)OC1. The highest BCUT2D eigenvalue weighted by Gasteiger charge is 2.58. The van der Waals surface area contributed by atoms with Gasteiger partial charge in [-0.3, -0.25) is 4.79 Å². The van der Waals surface area contributed by atoms with Crippen molar-refractivity contribution in [2.75, 3.05) is 13.2 Å². The number of carbonyl (C=O) groups excluding carboxylic acids is 2. The summed E-state index contributed by atoms with van der Waals surface area (Å²) >= 11 is 2.39. The molecule has 0 N–H and O–H groups in total. The minimum absolute atomic E-state index is 0.0411. The number of carbonyl (C=O) groups is 2. The molecule has 2 heterocycles. The Kier molecular flexibility index (Phi) is 3.48. The summed E-state index contributed by atoms with van der Waals surface area (Å²) in [6.45, 7) is 6.80. The lowest BCUT2D eigenvalue weighted by molar-refractivity contribution is -0.140. The summed E-state index contributed by atoms with van der Waals surface area (Å²) in [5.74, 6) is -0.0992. The highest BCUT2D eigenvalue weighted by Crippen LogP contribution is 2.54. The Morgan fingerprint density at radius 3 is 2.75 bits per heavy atom. The van der Waals surface area contributed by atoms with E-state index in [1.165, 1.54) is 0 Å². The van der Waals surface area contributed by atoms with Gasteiger partial charge in [0.2, 0.25) is 0 Å². The highest BCUT2D eigenvalue weighted by molar-refractivity contribution is 14.1. The number of rotatable bonds is 2. The third-order valence-corrected chi connectivity index (χ3v) is 7.30. The third-order valence-electron chi connectivity index (χ3n) is 5.42. The number of hydrogen-bond donors (Lipinski definition) is 0. The maximum Gasteiger partial charge on any atom is 0.342 e. The zero-order valence-corrected chi connectivity index (χ0v) is 14.1. The van der Waals surface area contributed by atoms with Crippen molar-refractivity contribution in [1.29, 1.82) is 0 Å². The minimum Gasteiger partial charge on any atom is -0.457 e. The molecule has 20 heavy (non-hydrogen) atoms. The van der Waals surface area contributed by atoms with E-state index >= 15 is 0 Å². The van der Waals surface area contributed by atoms with Crippen LogP contribution in [0.3, 0.4) is 0 Å². The number of ketones is 1. The van der Waals surface area contributed by atoms with Crippen LogP contribution in [0, 0.1) is 17.3 Å². The molecule has 2 fully saturated rings. The fraction of sp³-hybridized carbons (Fsp3) is 0.733. The van der Waals surface area contributed by atoms with Gasteiger partial charge in [-0.2, -0.15) is 0 Å². The van der Waals surface area contributed by atoms with E-state index < -0.39 is 11.4 Å². The van der Waals surface area contributed by atoms with E-state index in [1.807, 2.05) is 13.8 Å². The predicted molar refractivity (Wildman–Crippen MR) is 81.6 cm³/mol. The van der Waals surface area contributed by atoms with Gasteiger partial charge in [0.05, 0.1) is 12.7 Å². The van der Waals surface area contributed by atoms with Crippen LogP contribution in [0.1, 0.15) is 27.2 Å². The second-order valence-corrected chi connectivity index (χ2v) is 7.82. The Bertz CT molecular complexity index is 512. The molecule has 3 rings (SSSR count). The van der Waals surface area contributed by atoms with Gasteiger partial charge in [0.15, 0.2) is 5.78 Å². The molecular formula is C15H19IO4. The monoisotopic (exact) mass is 390 g/mol. The molecule has 3 aliphatic rings. The molecule has 5 heteroatoms. The van der Waals surface area contributed by atoms with Gasteiger partial charge in [0.1, 0.15) is 12.2 Å². The van der Waals surface area contributed by atoms with Crippen molar-refractivity contribution in [3.63, 3.8) is 0 Å². The maximum atomic E-state index is 13.1. The van der Waals surface area contributed by atoms with Crippen molar-refractivity contribution in [3.8, 4) is 0 Å². The average Bonchev–Trinajstić information content (AvgIpc) is 3.00. The number of esters is 1. The van der Waals surface area contributed by atoms with E-state index in [0.717, 1.165) is 12.0 Å². The van der Waals surface area contributed by atoms with Crippen molar-refractivity contribution in [3.05, 3.63) is 11.1 Å². The van der Waals surface area contributed by atoms with E-state index in [9.17, 15) is 9.59 Å². The van der Waals surface area contributed by atoms with Crippen LogP contribution in [0.15, 0.2) is 11.1 Å². The molecule has 0 unspecified atom stereocenters. The molecule has 1 saturated carbocycles. The average molecular weight is 390 g/mol. The molecule has 0 amide bonds. The Labute approximate surface area is 132 Å². The minimum atomic E-state index is -0.529. The van der Waals surface area contributed by atoms with Crippen molar-refractivity contribution in [1.82, 2.24) is 0 Å². The van der Waals surface area contributed by atoms with Gasteiger partial charge in [-0.25, -0.2) is 4.79 Å². The maximum absolute atomic E-state index is 13.1. The Hall–Kier alpha value is -0.430. The van der Waals surface area contributed by atoms with Crippen molar-refractivity contribution >= 4 is 34.3 Å². The zero-order valence-electron chi connectivity index (χ0n) is 11.9. The number of ether oxygens (including phenoxy) is 2. The van der Waals surface area contributed by atoms with Crippen LogP contribution in [0.4, 0.5) is 0 Å². The lowest BCUT2D eigenvalue weighted by Crippen LogP contribution is -2.51. The predicted octanol–water partition coefficient (Wildman–Crippen LogP) is 2.29. The Morgan fingerprint density at radius 2 is 2.15 bits per heavy atom. The van der Waals surface area contributed by atoms with Crippen molar-refractivity contribution in [2.45, 2.75) is 37.2 Å². The van der Waals surface area contributed by atoms with E-state index in [4.69, 9.17) is 9.47 Å². The summed E-state index contributed by atoms with van der Waals surface area (Å²) in [7, 11) is 0. The van der Waals surface area contributed by atoms with Crippen LogP contribution in [0.5, 0.6) is 0 Å². The topological polar surface area (TPSA) is 52.6 Å². The lowest BCUT2D eigenvalue weighted by atomic mass is 9.59. The standard InChI is InChI=1S/C15H19IO4/c1-7-5-20-14(18)11(7)13(17)15(3)8(2)12(16)10-4-9(15)6-19-10/h8-10,12H,4-6H2,1-3H3/t8-,9+,10-,12-,15-/m1/s1. The second-order valence-electron chi connectivity index (χ2n) is 6.38. The van der Waals surface area contributed by atoms with Gasteiger partial charge in [-0.1, -0.05) is 36.4 Å². The number of fused-ring (bicyclic) bond motifs is 2. The Morgan fingerprint density at radius 1 is 1.45 bits per heavy atom. The first-order valence-corrected chi connectivity index (χ1v) is 8.29. The molecule has 0 radical (unpaired) electrons. The van der Waals surface area contributed by atoms with Crippen LogP contribution < -0.4 is 0 Å². The van der Waals surface area contributed by atoms with Gasteiger partial charge in [0, 0.05) is 9.34 Å². The summed E-state index contributed by atoms with van der Waals surface area (Å²) in [5, 5.41) is 0. The number of Topliss-reactive ketones (excluding diaryl/α,β-unsaturated/α-hetero) is 1. The second kappa shape index (κ2) is 4.80. The quantitative estimate of drug-likeness (QED) is 0.314. The number of cyclic esters (lactones) is 1. The molecule has 1 saturated heterocycles. The molecule has 4 nitrogen and oxygen atoms in total. The van der Waals surface area contributed by atoms with E-state index in [1.54, 1.807) is 0 Å². The summed E-state index contributed by atoms with van der Waals surface area (Å²) in [6.07, 6.45) is 1.17. The summed E-state index contributed by atoms with van der Waals surface area (Å²) in [5.41, 5.74) is 0.520. The van der Waals surface area contributed by atoms with Crippen LogP contribution in [0.2, 0.25) is 0 Å². The smallest absolute Gasteiger partial charge is 0.342 e. The van der Waals surface area contributed by atoms with Gasteiger partial charge in [-0.15, -0.1) is 0 Å². The summed E-state index contributed by atoms with van der Waals surface area (Å²) in [4.78, 5) is 24.9. The van der Waals surface area contributed by atoms with Crippen LogP contribution >= 0.6 is 22.6 Å². The lowest BCUT2D eigenvalue weighted by Gasteiger charge is -2.44. The summed E-state index contributed by atoms with van der Waals surface area (Å²) < 4.78 is 11.1. The summed E-state index contributed by atoms with van der Waals surface area (Å²) in [6, 6.07) is 0. The normalized spacial score (nSPS) is 43.9. The fourth-order valence-electron chi connectivity index (χ4n) is 3.76. The molecule has 5 atom stereocenters. The molecule has 110 valence electrons. The van der Waals surface area contributed by atoms with Gasteiger partial charge in [0.25, 0.3) is 0 Å². The molecule has 2 bridgehead atoms. The van der Waals surface area contributed by atoms with Gasteiger partial charge < -0.3 is 9.47 Å². The van der Waals surface area contributed by atoms with Gasteiger partial charge in [-0.05, 0) is 30.8 Å². The van der Waals surface area contributed by atoms with Crippen molar-refractivity contribution < 1.29 is 19.1 Å². The number of hydrogen-bond acceptors (Lipinski definition) is 4. The number of alkyl halides is 1. The molecular weight excluding hydrogens is 371 g/mol. The molecule has 0 aromatic carbocycles. The van der Waals surface area contributed by atoms with Crippen LogP contribution in [0.25, 0.3) is 0 Å². The van der Waals surface area contributed by atoms with Gasteiger partial charge >= 0.3 is 5.97 Å². The zero-order chi connectivity index (χ0) is 14.7. The van der Waals surface area contributed by atoms with Crippen LogP contribution in [-0.4, -0.2) is 35.0 Å². The number of halogens is 1. The van der Waals surface area contributed by atoms with E-state index in [0.29, 0.717) is 10.5 Å². The van der Waals surface area contributed by atoms with Crippen LogP contribution in [-0.2, 0) is 19.1 Å². The van der Waals surface area contributed by atoms with E-state index in [-0.39, 0.29) is 35.9 Å². The third kappa shape index (κ3) is 1.81.